The number of amides is 1. The van der Waals surface area contributed by atoms with E-state index in [4.69, 9.17) is 9.47 Å². The maximum atomic E-state index is 12.5. The zero-order valence-corrected chi connectivity index (χ0v) is 19.1. The van der Waals surface area contributed by atoms with Gasteiger partial charge in [0.15, 0.2) is 17.3 Å². The minimum atomic E-state index is -0.0260. The van der Waals surface area contributed by atoms with Crippen LogP contribution in [0.3, 0.4) is 0 Å². The zero-order valence-electron chi connectivity index (χ0n) is 19.1. The van der Waals surface area contributed by atoms with Crippen molar-refractivity contribution in [1.29, 1.82) is 0 Å². The molecule has 6 nitrogen and oxygen atoms in total. The predicted molar refractivity (Wildman–Crippen MR) is 125 cm³/mol. The second-order valence-electron chi connectivity index (χ2n) is 7.64. The van der Waals surface area contributed by atoms with Gasteiger partial charge in [-0.3, -0.25) is 9.59 Å². The molecule has 0 atom stereocenters. The van der Waals surface area contributed by atoms with Crippen molar-refractivity contribution in [3.63, 3.8) is 0 Å². The first kappa shape index (κ1) is 23.1. The van der Waals surface area contributed by atoms with Gasteiger partial charge in [-0.1, -0.05) is 36.4 Å². The smallest absolute Gasteiger partial charge is 0.221 e. The number of methoxy groups -OCH3 is 2. The van der Waals surface area contributed by atoms with Crippen LogP contribution in [0.5, 0.6) is 11.5 Å². The number of carbonyl (C=O) groups excluding carboxylic acids is 2. The molecule has 0 radical (unpaired) electrons. The molecule has 168 valence electrons. The first-order valence-electron chi connectivity index (χ1n) is 10.7. The van der Waals surface area contributed by atoms with Gasteiger partial charge in [-0.25, -0.2) is 0 Å². The Bertz CT molecular complexity index is 1090. The molecule has 3 rings (SSSR count). The van der Waals surface area contributed by atoms with E-state index in [0.29, 0.717) is 43.0 Å². The second-order valence-corrected chi connectivity index (χ2v) is 7.64. The van der Waals surface area contributed by atoms with E-state index in [1.54, 1.807) is 21.1 Å². The fourth-order valence-electron chi connectivity index (χ4n) is 3.82. The molecule has 32 heavy (non-hydrogen) atoms. The van der Waals surface area contributed by atoms with Gasteiger partial charge in [0.2, 0.25) is 5.91 Å². The molecule has 0 aliphatic carbocycles. The van der Waals surface area contributed by atoms with E-state index in [9.17, 15) is 9.59 Å². The summed E-state index contributed by atoms with van der Waals surface area (Å²) in [5, 5.41) is 2.98. The van der Waals surface area contributed by atoms with Crippen LogP contribution >= 0.6 is 0 Å². The van der Waals surface area contributed by atoms with Gasteiger partial charge in [-0.2, -0.15) is 0 Å². The molecular weight excluding hydrogens is 404 g/mol. The summed E-state index contributed by atoms with van der Waals surface area (Å²) in [6.07, 6.45) is 1.02. The molecule has 0 saturated heterocycles. The van der Waals surface area contributed by atoms with Crippen molar-refractivity contribution in [2.24, 2.45) is 0 Å². The second kappa shape index (κ2) is 10.7. The molecule has 1 N–H and O–H groups in total. The van der Waals surface area contributed by atoms with E-state index in [-0.39, 0.29) is 11.7 Å². The summed E-state index contributed by atoms with van der Waals surface area (Å²) in [4.78, 5) is 24.5. The van der Waals surface area contributed by atoms with Gasteiger partial charge < -0.3 is 19.4 Å². The molecule has 1 aromatic heterocycles. The third-order valence-electron chi connectivity index (χ3n) is 5.56. The number of Topliss-reactive ketones (excluding diaryl/α,β-unsaturated/α-hetero) is 1. The highest BCUT2D eigenvalue weighted by Crippen LogP contribution is 2.28. The molecule has 0 aliphatic rings. The van der Waals surface area contributed by atoms with E-state index in [2.05, 4.69) is 9.88 Å². The Morgan fingerprint density at radius 1 is 0.969 bits per heavy atom. The van der Waals surface area contributed by atoms with Crippen LogP contribution < -0.4 is 14.8 Å². The summed E-state index contributed by atoms with van der Waals surface area (Å²) in [6, 6.07) is 17.6. The highest BCUT2D eigenvalue weighted by atomic mass is 16.5. The number of nitrogens with zero attached hydrogens (tertiary/aromatic N) is 1. The van der Waals surface area contributed by atoms with Gasteiger partial charge in [0.25, 0.3) is 0 Å². The first-order valence-corrected chi connectivity index (χ1v) is 10.7. The fraction of sp³-hybridized carbons (Fsp3) is 0.308. The molecule has 0 unspecified atom stereocenters. The monoisotopic (exact) mass is 434 g/mol. The Kier molecular flexibility index (Phi) is 7.71. The standard InChI is InChI=1S/C26H30N2O4/c1-18-22(19(2)29)17-23(21-8-6-5-7-9-21)28(18)15-13-26(30)27-14-12-20-10-11-24(31-3)25(16-20)32-4/h5-11,16-17H,12-15H2,1-4H3,(H,27,30). The Hall–Kier alpha value is -3.54. The quantitative estimate of drug-likeness (QED) is 0.479. The van der Waals surface area contributed by atoms with Crippen molar-refractivity contribution in [2.45, 2.75) is 33.2 Å². The lowest BCUT2D eigenvalue weighted by Crippen LogP contribution is -2.26. The molecule has 1 heterocycles. The van der Waals surface area contributed by atoms with Crippen molar-refractivity contribution >= 4 is 11.7 Å². The largest absolute Gasteiger partial charge is 0.493 e. The van der Waals surface area contributed by atoms with E-state index in [0.717, 1.165) is 22.5 Å². The number of nitrogens with one attached hydrogen (secondary N) is 1. The number of rotatable bonds is 10. The third kappa shape index (κ3) is 5.38. The molecule has 0 saturated carbocycles. The van der Waals surface area contributed by atoms with Crippen molar-refractivity contribution < 1.29 is 19.1 Å². The minimum absolute atomic E-state index is 0.0257. The summed E-state index contributed by atoms with van der Waals surface area (Å²) in [5.41, 5.74) is 4.61. The van der Waals surface area contributed by atoms with E-state index in [1.165, 1.54) is 0 Å². The maximum Gasteiger partial charge on any atom is 0.221 e. The molecule has 0 aliphatic heterocycles. The topological polar surface area (TPSA) is 69.6 Å². The molecule has 0 spiro atoms. The van der Waals surface area contributed by atoms with Crippen LogP contribution in [-0.4, -0.2) is 37.0 Å². The van der Waals surface area contributed by atoms with Gasteiger partial charge in [0.05, 0.1) is 14.2 Å². The summed E-state index contributed by atoms with van der Waals surface area (Å²) in [6.45, 7) is 4.54. The third-order valence-corrected chi connectivity index (χ3v) is 5.56. The maximum absolute atomic E-state index is 12.5. The summed E-state index contributed by atoms with van der Waals surface area (Å²) in [5.74, 6) is 1.36. The number of ether oxygens (including phenoxy) is 2. The van der Waals surface area contributed by atoms with Crippen LogP contribution in [0, 0.1) is 6.92 Å². The molecule has 0 bridgehead atoms. The molecule has 2 aromatic carbocycles. The van der Waals surface area contributed by atoms with Gasteiger partial charge in [0, 0.05) is 36.5 Å². The first-order chi connectivity index (χ1) is 15.4. The van der Waals surface area contributed by atoms with E-state index >= 15 is 0 Å². The number of aromatic nitrogens is 1. The molecule has 3 aromatic rings. The minimum Gasteiger partial charge on any atom is -0.493 e. The highest BCUT2D eigenvalue weighted by molar-refractivity contribution is 5.96. The van der Waals surface area contributed by atoms with Gasteiger partial charge in [-0.15, -0.1) is 0 Å². The lowest BCUT2D eigenvalue weighted by Gasteiger charge is -2.13. The van der Waals surface area contributed by atoms with Crippen LogP contribution in [0.15, 0.2) is 54.6 Å². The number of benzene rings is 2. The SMILES string of the molecule is COc1ccc(CCNC(=O)CCn2c(-c3ccccc3)cc(C(C)=O)c2C)cc1OC. The number of hydrogen-bond acceptors (Lipinski definition) is 4. The van der Waals surface area contributed by atoms with Crippen molar-refractivity contribution in [3.05, 3.63) is 71.4 Å². The number of hydrogen-bond donors (Lipinski definition) is 1. The zero-order chi connectivity index (χ0) is 23.1. The van der Waals surface area contributed by atoms with E-state index < -0.39 is 0 Å². The van der Waals surface area contributed by atoms with Crippen LogP contribution in [0.25, 0.3) is 11.3 Å². The Morgan fingerprint density at radius 2 is 1.69 bits per heavy atom. The summed E-state index contributed by atoms with van der Waals surface area (Å²) >= 11 is 0. The van der Waals surface area contributed by atoms with Gasteiger partial charge in [-0.05, 0) is 49.6 Å². The van der Waals surface area contributed by atoms with E-state index in [1.807, 2.05) is 61.5 Å². The Morgan fingerprint density at radius 3 is 2.34 bits per heavy atom. The average Bonchev–Trinajstić information content (AvgIpc) is 3.14. The lowest BCUT2D eigenvalue weighted by atomic mass is 10.1. The predicted octanol–water partition coefficient (Wildman–Crippen LogP) is 4.43. The van der Waals surface area contributed by atoms with Crippen LogP contribution in [0.2, 0.25) is 0 Å². The van der Waals surface area contributed by atoms with Crippen LogP contribution in [-0.2, 0) is 17.8 Å². The number of carbonyl (C=O) groups is 2. The normalized spacial score (nSPS) is 10.6. The Balaban J connectivity index is 1.62. The van der Waals surface area contributed by atoms with Crippen molar-refractivity contribution in [3.8, 4) is 22.8 Å². The molecular formula is C26H30N2O4. The van der Waals surface area contributed by atoms with Crippen molar-refractivity contribution in [2.75, 3.05) is 20.8 Å². The molecule has 0 fully saturated rings. The summed E-state index contributed by atoms with van der Waals surface area (Å²) in [7, 11) is 3.21. The van der Waals surface area contributed by atoms with Gasteiger partial charge in [0.1, 0.15) is 0 Å². The fourth-order valence-corrected chi connectivity index (χ4v) is 3.82. The summed E-state index contributed by atoms with van der Waals surface area (Å²) < 4.78 is 12.6. The van der Waals surface area contributed by atoms with Gasteiger partial charge >= 0.3 is 0 Å². The van der Waals surface area contributed by atoms with Crippen LogP contribution in [0.4, 0.5) is 0 Å². The Labute approximate surface area is 189 Å². The molecule has 6 heteroatoms. The highest BCUT2D eigenvalue weighted by Gasteiger charge is 2.16. The average molecular weight is 435 g/mol. The molecule has 1 amide bonds. The van der Waals surface area contributed by atoms with Crippen molar-refractivity contribution in [1.82, 2.24) is 9.88 Å². The lowest BCUT2D eigenvalue weighted by molar-refractivity contribution is -0.121. The number of ketones is 1. The van der Waals surface area contributed by atoms with Crippen LogP contribution in [0.1, 0.15) is 35.0 Å².